The van der Waals surface area contributed by atoms with Crippen LogP contribution in [0.5, 0.6) is 5.75 Å². The molecule has 0 aliphatic heterocycles. The number of para-hydroxylation sites is 1. The fraction of sp³-hybridized carbons (Fsp3) is 0.529. The van der Waals surface area contributed by atoms with Crippen LogP contribution >= 0.6 is 11.8 Å². The van der Waals surface area contributed by atoms with Gasteiger partial charge in [0.15, 0.2) is 0 Å². The van der Waals surface area contributed by atoms with E-state index in [1.807, 2.05) is 31.2 Å². The molecular weight excluding hydrogens is 296 g/mol. The number of methoxy groups -OCH3 is 1. The van der Waals surface area contributed by atoms with Gasteiger partial charge in [0.2, 0.25) is 5.91 Å². The highest BCUT2D eigenvalue weighted by Gasteiger charge is 2.42. The molecule has 1 aromatic carbocycles. The fourth-order valence-corrected chi connectivity index (χ4v) is 3.35. The number of ether oxygens (including phenoxy) is 1. The molecule has 0 heterocycles. The van der Waals surface area contributed by atoms with E-state index < -0.39 is 5.54 Å². The molecule has 0 aromatic heterocycles. The first-order valence-corrected chi connectivity index (χ1v) is 8.52. The topological polar surface area (TPSA) is 62.1 Å². The minimum absolute atomic E-state index is 0.0808. The van der Waals surface area contributed by atoms with E-state index in [4.69, 9.17) is 4.74 Å². The predicted molar refractivity (Wildman–Crippen MR) is 88.8 cm³/mol. The van der Waals surface area contributed by atoms with E-state index in [9.17, 15) is 10.1 Å². The number of thioether (sulfide) groups is 1. The number of nitrogens with one attached hydrogen (secondary N) is 1. The van der Waals surface area contributed by atoms with Crippen LogP contribution in [0, 0.1) is 17.2 Å². The van der Waals surface area contributed by atoms with Gasteiger partial charge in [0.25, 0.3) is 0 Å². The Kier molecular flexibility index (Phi) is 5.36. The Bertz CT molecular complexity index is 580. The van der Waals surface area contributed by atoms with E-state index in [1.165, 1.54) is 0 Å². The SMILES string of the molecule is COc1ccccc1[C@@H](C)SCC(=O)N[C@@](C)(C#N)C1CC1. The standard InChI is InChI=1S/C17H22N2O2S/c1-12(14-6-4-5-7-15(14)21-3)22-10-16(20)19-17(2,11-18)13-8-9-13/h4-7,12-13H,8-10H2,1-3H3,(H,19,20)/t12-,17+/m1/s1. The number of carbonyl (C=O) groups excluding carboxylic acids is 1. The molecule has 5 heteroatoms. The molecule has 1 aliphatic rings. The maximum absolute atomic E-state index is 12.1. The number of nitrogens with zero attached hydrogens (tertiary/aromatic N) is 1. The minimum Gasteiger partial charge on any atom is -0.496 e. The van der Waals surface area contributed by atoms with E-state index in [1.54, 1.807) is 18.9 Å². The molecule has 2 rings (SSSR count). The number of hydrogen-bond acceptors (Lipinski definition) is 4. The summed E-state index contributed by atoms with van der Waals surface area (Å²) >= 11 is 1.55. The van der Waals surface area contributed by atoms with Crippen LogP contribution in [-0.2, 0) is 4.79 Å². The lowest BCUT2D eigenvalue weighted by Gasteiger charge is -2.23. The van der Waals surface area contributed by atoms with Gasteiger partial charge >= 0.3 is 0 Å². The van der Waals surface area contributed by atoms with Gasteiger partial charge in [0, 0.05) is 10.8 Å². The molecule has 0 radical (unpaired) electrons. The van der Waals surface area contributed by atoms with Crippen LogP contribution in [0.4, 0.5) is 0 Å². The van der Waals surface area contributed by atoms with Crippen molar-refractivity contribution in [2.75, 3.05) is 12.9 Å². The quantitative estimate of drug-likeness (QED) is 0.838. The van der Waals surface area contributed by atoms with Crippen LogP contribution in [0.3, 0.4) is 0 Å². The summed E-state index contributed by atoms with van der Waals surface area (Å²) in [6.07, 6.45) is 2.05. The summed E-state index contributed by atoms with van der Waals surface area (Å²) in [4.78, 5) is 12.1. The normalized spacial score (nSPS) is 17.9. The molecule has 0 saturated heterocycles. The first kappa shape index (κ1) is 16.7. The maximum atomic E-state index is 12.1. The number of amides is 1. The maximum Gasteiger partial charge on any atom is 0.231 e. The van der Waals surface area contributed by atoms with Gasteiger partial charge in [-0.3, -0.25) is 4.79 Å². The molecule has 4 nitrogen and oxygen atoms in total. The number of benzene rings is 1. The Balaban J connectivity index is 1.89. The molecule has 0 spiro atoms. The third-order valence-electron chi connectivity index (χ3n) is 4.07. The highest BCUT2D eigenvalue weighted by molar-refractivity contribution is 8.00. The van der Waals surface area contributed by atoms with Crippen LogP contribution in [0.25, 0.3) is 0 Å². The molecule has 22 heavy (non-hydrogen) atoms. The van der Waals surface area contributed by atoms with Crippen molar-refractivity contribution in [2.24, 2.45) is 5.92 Å². The molecule has 2 atom stereocenters. The average Bonchev–Trinajstić information content (AvgIpc) is 3.37. The van der Waals surface area contributed by atoms with Crippen molar-refractivity contribution in [3.8, 4) is 11.8 Å². The summed E-state index contributed by atoms with van der Waals surface area (Å²) in [7, 11) is 1.65. The summed E-state index contributed by atoms with van der Waals surface area (Å²) in [6, 6.07) is 10.1. The Hall–Kier alpha value is -1.67. The molecule has 1 amide bonds. The second kappa shape index (κ2) is 7.06. The predicted octanol–water partition coefficient (Wildman–Crippen LogP) is 3.30. The van der Waals surface area contributed by atoms with Crippen LogP contribution in [0.2, 0.25) is 0 Å². The van der Waals surface area contributed by atoms with Gasteiger partial charge < -0.3 is 10.1 Å². The van der Waals surface area contributed by atoms with E-state index in [0.29, 0.717) is 11.7 Å². The highest BCUT2D eigenvalue weighted by Crippen LogP contribution is 2.39. The molecule has 118 valence electrons. The average molecular weight is 318 g/mol. The molecule has 1 saturated carbocycles. The Morgan fingerprint density at radius 3 is 2.82 bits per heavy atom. The van der Waals surface area contributed by atoms with Crippen molar-refractivity contribution in [3.05, 3.63) is 29.8 Å². The summed E-state index contributed by atoms with van der Waals surface area (Å²) in [5.41, 5.74) is 0.360. The molecular formula is C17H22N2O2S. The monoisotopic (exact) mass is 318 g/mol. The Morgan fingerprint density at radius 1 is 1.55 bits per heavy atom. The smallest absolute Gasteiger partial charge is 0.231 e. The molecule has 0 bridgehead atoms. The largest absolute Gasteiger partial charge is 0.496 e. The molecule has 1 fully saturated rings. The van der Waals surface area contributed by atoms with Gasteiger partial charge in [-0.2, -0.15) is 5.26 Å². The summed E-state index contributed by atoms with van der Waals surface area (Å²) in [6.45, 7) is 3.87. The van der Waals surface area contributed by atoms with Crippen molar-refractivity contribution in [1.29, 1.82) is 5.26 Å². The fourth-order valence-electron chi connectivity index (χ4n) is 2.50. The molecule has 0 unspecified atom stereocenters. The van der Waals surface area contributed by atoms with Crippen LogP contribution in [0.1, 0.15) is 37.5 Å². The van der Waals surface area contributed by atoms with Gasteiger partial charge in [0.1, 0.15) is 11.3 Å². The lowest BCUT2D eigenvalue weighted by Crippen LogP contribution is -2.47. The van der Waals surface area contributed by atoms with Gasteiger partial charge in [-0.15, -0.1) is 11.8 Å². The van der Waals surface area contributed by atoms with Crippen LogP contribution in [-0.4, -0.2) is 24.3 Å². The number of hydrogen-bond donors (Lipinski definition) is 1. The zero-order valence-electron chi connectivity index (χ0n) is 13.3. The highest BCUT2D eigenvalue weighted by atomic mass is 32.2. The van der Waals surface area contributed by atoms with Crippen molar-refractivity contribution in [1.82, 2.24) is 5.32 Å². The Labute approximate surface area is 136 Å². The minimum atomic E-state index is -0.717. The van der Waals surface area contributed by atoms with E-state index in [0.717, 1.165) is 24.2 Å². The molecule has 1 aliphatic carbocycles. The van der Waals surface area contributed by atoms with Gasteiger partial charge in [-0.1, -0.05) is 18.2 Å². The van der Waals surface area contributed by atoms with Crippen LogP contribution in [0.15, 0.2) is 24.3 Å². The van der Waals surface area contributed by atoms with Gasteiger partial charge in [-0.05, 0) is 38.7 Å². The molecule has 1 aromatic rings. The van der Waals surface area contributed by atoms with Crippen molar-refractivity contribution < 1.29 is 9.53 Å². The summed E-state index contributed by atoms with van der Waals surface area (Å²) < 4.78 is 5.35. The van der Waals surface area contributed by atoms with Crippen molar-refractivity contribution >= 4 is 17.7 Å². The van der Waals surface area contributed by atoms with Crippen molar-refractivity contribution in [2.45, 2.75) is 37.5 Å². The lowest BCUT2D eigenvalue weighted by atomic mass is 9.98. The number of rotatable bonds is 7. The number of carbonyl (C=O) groups is 1. The first-order valence-electron chi connectivity index (χ1n) is 7.47. The summed E-state index contributed by atoms with van der Waals surface area (Å²) in [5.74, 6) is 1.40. The van der Waals surface area contributed by atoms with E-state index in [-0.39, 0.29) is 11.2 Å². The summed E-state index contributed by atoms with van der Waals surface area (Å²) in [5, 5.41) is 12.3. The Morgan fingerprint density at radius 2 is 2.23 bits per heavy atom. The van der Waals surface area contributed by atoms with Gasteiger partial charge in [-0.25, -0.2) is 0 Å². The second-order valence-electron chi connectivity index (χ2n) is 5.83. The van der Waals surface area contributed by atoms with Crippen LogP contribution < -0.4 is 10.1 Å². The third-order valence-corrected chi connectivity index (χ3v) is 5.25. The molecule has 1 N–H and O–H groups in total. The lowest BCUT2D eigenvalue weighted by molar-refractivity contribution is -0.119. The van der Waals surface area contributed by atoms with Crippen molar-refractivity contribution in [3.63, 3.8) is 0 Å². The third kappa shape index (κ3) is 3.95. The zero-order valence-corrected chi connectivity index (χ0v) is 14.1. The first-order chi connectivity index (χ1) is 10.5. The van der Waals surface area contributed by atoms with E-state index >= 15 is 0 Å². The van der Waals surface area contributed by atoms with E-state index in [2.05, 4.69) is 18.3 Å². The second-order valence-corrected chi connectivity index (χ2v) is 7.16. The number of nitriles is 1. The van der Waals surface area contributed by atoms with Gasteiger partial charge in [0.05, 0.1) is 18.9 Å². The zero-order chi connectivity index (χ0) is 16.2.